The molecule has 1 aliphatic heterocycles. The van der Waals surface area contributed by atoms with Gasteiger partial charge in [-0.2, -0.15) is 5.10 Å². The summed E-state index contributed by atoms with van der Waals surface area (Å²) in [7, 11) is 0. The van der Waals surface area contributed by atoms with Gasteiger partial charge in [0.25, 0.3) is 0 Å². The Bertz CT molecular complexity index is 749. The van der Waals surface area contributed by atoms with E-state index >= 15 is 0 Å². The van der Waals surface area contributed by atoms with Gasteiger partial charge in [0.1, 0.15) is 0 Å². The summed E-state index contributed by atoms with van der Waals surface area (Å²) >= 11 is 6.41. The number of hydrogen-bond acceptors (Lipinski definition) is 5. The number of nitrogens with zero attached hydrogens (tertiary/aromatic N) is 5. The second-order valence-corrected chi connectivity index (χ2v) is 6.70. The lowest BCUT2D eigenvalue weighted by molar-refractivity contribution is 0.101. The van der Waals surface area contributed by atoms with E-state index in [9.17, 15) is 4.79 Å². The van der Waals surface area contributed by atoms with Crippen LogP contribution in [0.2, 0.25) is 5.02 Å². The van der Waals surface area contributed by atoms with Crippen LogP contribution in [0.5, 0.6) is 0 Å². The maximum absolute atomic E-state index is 11.6. The molecule has 2 aromatic rings. The minimum atomic E-state index is -0.0738. The van der Waals surface area contributed by atoms with Gasteiger partial charge < -0.3 is 4.90 Å². The Morgan fingerprint density at radius 3 is 2.50 bits per heavy atom. The van der Waals surface area contributed by atoms with Crippen molar-refractivity contribution < 1.29 is 4.79 Å². The average molecular weight is 350 g/mol. The molecule has 0 N–H and O–H groups in total. The minimum absolute atomic E-state index is 0.0738. The fourth-order valence-electron chi connectivity index (χ4n) is 3.24. The van der Waals surface area contributed by atoms with Crippen LogP contribution in [0, 0.1) is 6.92 Å². The number of piperazine rings is 1. The Morgan fingerprint density at radius 2 is 1.88 bits per heavy atom. The lowest BCUT2D eigenvalue weighted by Crippen LogP contribution is -2.46. The molecule has 0 aliphatic carbocycles. The Morgan fingerprint density at radius 1 is 1.21 bits per heavy atom. The van der Waals surface area contributed by atoms with Crippen LogP contribution in [0.4, 0.5) is 0 Å². The molecule has 0 bridgehead atoms. The smallest absolute Gasteiger partial charge is 0.162 e. The molecule has 130 valence electrons. The van der Waals surface area contributed by atoms with Gasteiger partial charge in [-0.25, -0.2) is 9.67 Å². The zero-order valence-corrected chi connectivity index (χ0v) is 15.3. The highest BCUT2D eigenvalue weighted by molar-refractivity contribution is 6.38. The molecule has 0 aromatic carbocycles. The molecular formula is C17H24ClN5O. The number of aryl methyl sites for hydroxylation is 1. The van der Waals surface area contributed by atoms with Crippen molar-refractivity contribution >= 4 is 28.4 Å². The van der Waals surface area contributed by atoms with E-state index in [2.05, 4.69) is 26.8 Å². The van der Waals surface area contributed by atoms with E-state index in [4.69, 9.17) is 11.6 Å². The van der Waals surface area contributed by atoms with Crippen LogP contribution in [0.15, 0.2) is 6.20 Å². The van der Waals surface area contributed by atoms with Crippen molar-refractivity contribution in [2.45, 2.75) is 27.3 Å². The van der Waals surface area contributed by atoms with Gasteiger partial charge in [0.15, 0.2) is 11.4 Å². The summed E-state index contributed by atoms with van der Waals surface area (Å²) in [4.78, 5) is 21.0. The molecular weight excluding hydrogens is 326 g/mol. The molecule has 0 amide bonds. The summed E-state index contributed by atoms with van der Waals surface area (Å²) in [5.74, 6) is -0.0738. The van der Waals surface area contributed by atoms with Gasteiger partial charge in [-0.15, -0.1) is 0 Å². The molecule has 2 aromatic heterocycles. The summed E-state index contributed by atoms with van der Waals surface area (Å²) in [5.41, 5.74) is 2.04. The van der Waals surface area contributed by atoms with Gasteiger partial charge in [-0.1, -0.05) is 18.5 Å². The molecule has 0 spiro atoms. The number of pyridine rings is 1. The monoisotopic (exact) mass is 349 g/mol. The number of likely N-dealkylation sites (N-methyl/N-ethyl adjacent to an activating group) is 1. The van der Waals surface area contributed by atoms with Crippen LogP contribution in [0.25, 0.3) is 11.0 Å². The summed E-state index contributed by atoms with van der Waals surface area (Å²) < 4.78 is 1.91. The van der Waals surface area contributed by atoms with E-state index in [1.807, 2.05) is 11.6 Å². The number of ketones is 1. The summed E-state index contributed by atoms with van der Waals surface area (Å²) in [6.07, 6.45) is 1.56. The highest BCUT2D eigenvalue weighted by Crippen LogP contribution is 2.28. The zero-order valence-electron chi connectivity index (χ0n) is 14.5. The Kier molecular flexibility index (Phi) is 5.18. The van der Waals surface area contributed by atoms with Crippen LogP contribution in [-0.4, -0.2) is 69.6 Å². The zero-order chi connectivity index (χ0) is 17.3. The summed E-state index contributed by atoms with van der Waals surface area (Å²) in [5, 5.41) is 5.85. The standard InChI is InChI=1S/C17H24ClN5O/c1-4-21-5-7-22(8-6-21)9-10-23-17-15(12(2)20-23)16(18)14(11-19-17)13(3)24/h11H,4-10H2,1-3H3. The van der Waals surface area contributed by atoms with Crippen molar-refractivity contribution in [3.05, 3.63) is 22.5 Å². The third kappa shape index (κ3) is 3.31. The number of Topliss-reactive ketones (excluding diaryl/α,β-unsaturated/α-hetero) is 1. The Hall–Kier alpha value is -1.50. The van der Waals surface area contributed by atoms with Crippen molar-refractivity contribution in [2.75, 3.05) is 39.3 Å². The second kappa shape index (κ2) is 7.17. The van der Waals surface area contributed by atoms with Crippen LogP contribution in [0.3, 0.4) is 0 Å². The molecule has 7 heteroatoms. The highest BCUT2D eigenvalue weighted by atomic mass is 35.5. The van der Waals surface area contributed by atoms with Crippen LogP contribution >= 0.6 is 11.6 Å². The number of carbonyl (C=O) groups is 1. The first-order valence-electron chi connectivity index (χ1n) is 8.48. The number of aromatic nitrogens is 3. The van der Waals surface area contributed by atoms with Crippen molar-refractivity contribution in [1.29, 1.82) is 0 Å². The SMILES string of the molecule is CCN1CCN(CCn2nc(C)c3c(Cl)c(C(C)=O)cnc32)CC1. The molecule has 24 heavy (non-hydrogen) atoms. The normalized spacial score (nSPS) is 16.8. The lowest BCUT2D eigenvalue weighted by Gasteiger charge is -2.33. The van der Waals surface area contributed by atoms with Gasteiger partial charge in [-0.3, -0.25) is 9.69 Å². The van der Waals surface area contributed by atoms with Crippen molar-refractivity contribution in [3.63, 3.8) is 0 Å². The average Bonchev–Trinajstić information content (AvgIpc) is 2.90. The first-order chi connectivity index (χ1) is 11.5. The van der Waals surface area contributed by atoms with Crippen molar-refractivity contribution in [1.82, 2.24) is 24.6 Å². The first kappa shape index (κ1) is 17.3. The maximum atomic E-state index is 11.6. The number of carbonyl (C=O) groups excluding carboxylic acids is 1. The van der Waals surface area contributed by atoms with Gasteiger partial charge in [0.05, 0.1) is 28.2 Å². The Balaban J connectivity index is 1.76. The predicted molar refractivity (Wildman–Crippen MR) is 95.8 cm³/mol. The van der Waals surface area contributed by atoms with Crippen LogP contribution < -0.4 is 0 Å². The van der Waals surface area contributed by atoms with Gasteiger partial charge in [0, 0.05) is 38.9 Å². The first-order valence-corrected chi connectivity index (χ1v) is 8.86. The molecule has 3 heterocycles. The molecule has 0 unspecified atom stereocenters. The predicted octanol–water partition coefficient (Wildman–Crippen LogP) is 2.23. The van der Waals surface area contributed by atoms with E-state index in [0.717, 1.165) is 62.5 Å². The van der Waals surface area contributed by atoms with Gasteiger partial charge in [0.2, 0.25) is 0 Å². The quantitative estimate of drug-likeness (QED) is 0.775. The molecule has 0 saturated carbocycles. The largest absolute Gasteiger partial charge is 0.301 e. The topological polar surface area (TPSA) is 54.3 Å². The van der Waals surface area contributed by atoms with Crippen molar-refractivity contribution in [2.24, 2.45) is 0 Å². The fourth-order valence-corrected chi connectivity index (χ4v) is 3.64. The molecule has 1 aliphatic rings. The van der Waals surface area contributed by atoms with E-state index in [1.54, 1.807) is 6.20 Å². The third-order valence-electron chi connectivity index (χ3n) is 4.79. The summed E-state index contributed by atoms with van der Waals surface area (Å²) in [6.45, 7) is 12.9. The molecule has 1 saturated heterocycles. The van der Waals surface area contributed by atoms with E-state index in [-0.39, 0.29) is 5.78 Å². The van der Waals surface area contributed by atoms with E-state index in [1.165, 1.54) is 6.92 Å². The minimum Gasteiger partial charge on any atom is -0.301 e. The van der Waals surface area contributed by atoms with Crippen LogP contribution in [0.1, 0.15) is 29.9 Å². The van der Waals surface area contributed by atoms with E-state index in [0.29, 0.717) is 10.6 Å². The highest BCUT2D eigenvalue weighted by Gasteiger charge is 2.19. The van der Waals surface area contributed by atoms with Crippen LogP contribution in [-0.2, 0) is 6.54 Å². The second-order valence-electron chi connectivity index (χ2n) is 6.33. The molecule has 0 radical (unpaired) electrons. The van der Waals surface area contributed by atoms with Gasteiger partial charge >= 0.3 is 0 Å². The maximum Gasteiger partial charge on any atom is 0.162 e. The lowest BCUT2D eigenvalue weighted by atomic mass is 10.1. The molecule has 6 nitrogen and oxygen atoms in total. The van der Waals surface area contributed by atoms with Crippen molar-refractivity contribution in [3.8, 4) is 0 Å². The number of hydrogen-bond donors (Lipinski definition) is 0. The van der Waals surface area contributed by atoms with E-state index < -0.39 is 0 Å². The summed E-state index contributed by atoms with van der Waals surface area (Å²) in [6, 6.07) is 0. The van der Waals surface area contributed by atoms with Gasteiger partial charge in [-0.05, 0) is 20.4 Å². The Labute approximate surface area is 147 Å². The molecule has 0 atom stereocenters. The third-order valence-corrected chi connectivity index (χ3v) is 5.18. The number of halogens is 1. The number of fused-ring (bicyclic) bond motifs is 1. The molecule has 1 fully saturated rings. The molecule has 3 rings (SSSR count). The fraction of sp³-hybridized carbons (Fsp3) is 0.588. The number of rotatable bonds is 5.